The summed E-state index contributed by atoms with van der Waals surface area (Å²) in [5.41, 5.74) is 8.80. The number of rotatable bonds is 1. The Morgan fingerprint density at radius 3 is 1.76 bits per heavy atom. The molecule has 0 unspecified atom stereocenters. The molecule has 2 aromatic rings. The van der Waals surface area contributed by atoms with Crippen LogP contribution in [0.5, 0.6) is 0 Å². The van der Waals surface area contributed by atoms with Gasteiger partial charge in [0.2, 0.25) is 0 Å². The van der Waals surface area contributed by atoms with Crippen LogP contribution in [0.2, 0.25) is 0 Å². The molecule has 0 aliphatic carbocycles. The van der Waals surface area contributed by atoms with Crippen LogP contribution < -0.4 is 0 Å². The third-order valence-corrected chi connectivity index (χ3v) is 3.81. The van der Waals surface area contributed by atoms with Crippen LogP contribution in [-0.4, -0.2) is 9.78 Å². The average Bonchev–Trinajstić information content (AvgIpc) is 2.53. The summed E-state index contributed by atoms with van der Waals surface area (Å²) in [7, 11) is 0. The molecule has 0 saturated carbocycles. The monoisotopic (exact) mass is 228 g/mol. The van der Waals surface area contributed by atoms with Crippen LogP contribution in [0.15, 0.2) is 12.1 Å². The van der Waals surface area contributed by atoms with Crippen molar-refractivity contribution < 1.29 is 0 Å². The molecule has 0 bridgehead atoms. The highest BCUT2D eigenvalue weighted by atomic mass is 15.3. The lowest BCUT2D eigenvalue weighted by atomic mass is 10.0. The summed E-state index contributed by atoms with van der Waals surface area (Å²) in [6, 6.07) is 4.42. The number of nitrogens with zero attached hydrogens (tertiary/aromatic N) is 2. The van der Waals surface area contributed by atoms with Crippen LogP contribution in [-0.2, 0) is 0 Å². The smallest absolute Gasteiger partial charge is 0.0654 e. The lowest BCUT2D eigenvalue weighted by Gasteiger charge is -2.10. The molecule has 2 heteroatoms. The Balaban J connectivity index is 2.65. The minimum absolute atomic E-state index is 1.11. The van der Waals surface area contributed by atoms with Crippen LogP contribution in [0.3, 0.4) is 0 Å². The number of aromatic nitrogens is 2. The highest BCUT2D eigenvalue weighted by Gasteiger charge is 2.10. The Hall–Kier alpha value is -1.57. The van der Waals surface area contributed by atoms with Crippen LogP contribution in [0.1, 0.15) is 33.6 Å². The molecule has 1 heterocycles. The van der Waals surface area contributed by atoms with E-state index in [0.717, 1.165) is 5.69 Å². The predicted molar refractivity (Wildman–Crippen MR) is 72.0 cm³/mol. The van der Waals surface area contributed by atoms with Gasteiger partial charge in [0.1, 0.15) is 0 Å². The highest BCUT2D eigenvalue weighted by molar-refractivity contribution is 5.46. The van der Waals surface area contributed by atoms with Gasteiger partial charge in [0, 0.05) is 5.69 Å². The third kappa shape index (κ3) is 1.88. The van der Waals surface area contributed by atoms with E-state index in [0.29, 0.717) is 0 Å². The molecule has 2 nitrogen and oxygen atoms in total. The minimum Gasteiger partial charge on any atom is -0.238 e. The molecule has 0 fully saturated rings. The SMILES string of the molecule is Cc1cc(-n2nc(C)c(C)c2C)cc(C)c1C. The fourth-order valence-electron chi connectivity index (χ4n) is 2.11. The van der Waals surface area contributed by atoms with E-state index in [1.165, 1.54) is 33.6 Å². The van der Waals surface area contributed by atoms with Crippen molar-refractivity contribution in [3.05, 3.63) is 45.8 Å². The van der Waals surface area contributed by atoms with E-state index in [1.54, 1.807) is 0 Å². The molecule has 0 N–H and O–H groups in total. The third-order valence-electron chi connectivity index (χ3n) is 3.81. The summed E-state index contributed by atoms with van der Waals surface area (Å²) in [6.45, 7) is 12.8. The van der Waals surface area contributed by atoms with Gasteiger partial charge in [-0.15, -0.1) is 0 Å². The predicted octanol–water partition coefficient (Wildman–Crippen LogP) is 3.72. The zero-order valence-corrected chi connectivity index (χ0v) is 11.5. The number of hydrogen-bond acceptors (Lipinski definition) is 1. The second-order valence-corrected chi connectivity index (χ2v) is 4.91. The summed E-state index contributed by atoms with van der Waals surface area (Å²) in [5.74, 6) is 0. The van der Waals surface area contributed by atoms with Crippen LogP contribution >= 0.6 is 0 Å². The molecule has 0 saturated heterocycles. The fraction of sp³-hybridized carbons (Fsp3) is 0.400. The van der Waals surface area contributed by atoms with E-state index >= 15 is 0 Å². The van der Waals surface area contributed by atoms with Gasteiger partial charge in [0.15, 0.2) is 0 Å². The van der Waals surface area contributed by atoms with Crippen molar-refractivity contribution >= 4 is 0 Å². The Kier molecular flexibility index (Phi) is 2.82. The molecule has 1 aromatic heterocycles. The maximum Gasteiger partial charge on any atom is 0.0654 e. The second-order valence-electron chi connectivity index (χ2n) is 4.91. The first kappa shape index (κ1) is 11.9. The van der Waals surface area contributed by atoms with Gasteiger partial charge in [0.05, 0.1) is 11.4 Å². The van der Waals surface area contributed by atoms with Crippen molar-refractivity contribution in [2.75, 3.05) is 0 Å². The minimum atomic E-state index is 1.11. The molecular weight excluding hydrogens is 208 g/mol. The molecule has 2 rings (SSSR count). The molecule has 0 radical (unpaired) electrons. The van der Waals surface area contributed by atoms with Crippen molar-refractivity contribution in [1.29, 1.82) is 0 Å². The maximum absolute atomic E-state index is 4.61. The lowest BCUT2D eigenvalue weighted by molar-refractivity contribution is 0.830. The molecule has 0 spiro atoms. The number of aryl methyl sites for hydroxylation is 3. The summed E-state index contributed by atoms with van der Waals surface area (Å²) in [4.78, 5) is 0. The van der Waals surface area contributed by atoms with Crippen molar-refractivity contribution in [3.8, 4) is 5.69 Å². The molecule has 17 heavy (non-hydrogen) atoms. The van der Waals surface area contributed by atoms with E-state index in [9.17, 15) is 0 Å². The van der Waals surface area contributed by atoms with E-state index in [1.807, 2.05) is 4.68 Å². The molecule has 0 amide bonds. The van der Waals surface area contributed by atoms with E-state index in [4.69, 9.17) is 0 Å². The van der Waals surface area contributed by atoms with Gasteiger partial charge >= 0.3 is 0 Å². The molecule has 0 atom stereocenters. The zero-order valence-electron chi connectivity index (χ0n) is 11.5. The Morgan fingerprint density at radius 1 is 0.824 bits per heavy atom. The van der Waals surface area contributed by atoms with Gasteiger partial charge in [-0.05, 0) is 75.9 Å². The van der Waals surface area contributed by atoms with Crippen LogP contribution in [0.4, 0.5) is 0 Å². The second kappa shape index (κ2) is 4.02. The zero-order chi connectivity index (χ0) is 12.7. The summed E-state index contributed by atoms with van der Waals surface area (Å²) in [5, 5.41) is 4.61. The van der Waals surface area contributed by atoms with E-state index in [2.05, 4.69) is 58.8 Å². The largest absolute Gasteiger partial charge is 0.238 e. The van der Waals surface area contributed by atoms with Gasteiger partial charge in [-0.2, -0.15) is 5.10 Å². The summed E-state index contributed by atoms with van der Waals surface area (Å²) >= 11 is 0. The Morgan fingerprint density at radius 2 is 1.35 bits per heavy atom. The van der Waals surface area contributed by atoms with Gasteiger partial charge in [-0.3, -0.25) is 0 Å². The first-order valence-electron chi connectivity index (χ1n) is 6.03. The van der Waals surface area contributed by atoms with E-state index in [-0.39, 0.29) is 0 Å². The normalized spacial score (nSPS) is 10.9. The standard InChI is InChI=1S/C15H20N2/c1-9-7-15(8-10(2)11(9)3)17-14(6)12(4)13(5)16-17/h7-8H,1-6H3. The van der Waals surface area contributed by atoms with Crippen LogP contribution in [0.25, 0.3) is 5.69 Å². The quantitative estimate of drug-likeness (QED) is 0.727. The van der Waals surface area contributed by atoms with Crippen LogP contribution in [0, 0.1) is 41.5 Å². The molecule has 0 aliphatic rings. The Bertz CT molecular complexity index is 554. The van der Waals surface area contributed by atoms with Crippen molar-refractivity contribution in [3.63, 3.8) is 0 Å². The number of benzene rings is 1. The van der Waals surface area contributed by atoms with Crippen molar-refractivity contribution in [1.82, 2.24) is 9.78 Å². The average molecular weight is 228 g/mol. The molecule has 1 aromatic carbocycles. The Labute approximate surface area is 103 Å². The van der Waals surface area contributed by atoms with Crippen molar-refractivity contribution in [2.24, 2.45) is 0 Å². The van der Waals surface area contributed by atoms with E-state index < -0.39 is 0 Å². The molecule has 0 aliphatic heterocycles. The fourth-order valence-corrected chi connectivity index (χ4v) is 2.11. The molecular formula is C15H20N2. The van der Waals surface area contributed by atoms with Gasteiger partial charge in [-0.25, -0.2) is 4.68 Å². The van der Waals surface area contributed by atoms with Gasteiger partial charge < -0.3 is 0 Å². The number of hydrogen-bond donors (Lipinski definition) is 0. The molecule has 90 valence electrons. The summed E-state index contributed by atoms with van der Waals surface area (Å²) in [6.07, 6.45) is 0. The highest BCUT2D eigenvalue weighted by Crippen LogP contribution is 2.21. The van der Waals surface area contributed by atoms with Gasteiger partial charge in [-0.1, -0.05) is 0 Å². The van der Waals surface area contributed by atoms with Gasteiger partial charge in [0.25, 0.3) is 0 Å². The maximum atomic E-state index is 4.61. The first-order chi connectivity index (χ1) is 7.91. The topological polar surface area (TPSA) is 17.8 Å². The first-order valence-corrected chi connectivity index (χ1v) is 6.03. The lowest BCUT2D eigenvalue weighted by Crippen LogP contribution is -2.01. The van der Waals surface area contributed by atoms with Crippen molar-refractivity contribution in [2.45, 2.75) is 41.5 Å². The summed E-state index contributed by atoms with van der Waals surface area (Å²) < 4.78 is 2.05.